The molecule has 0 spiro atoms. The maximum Gasteiger partial charge on any atom is 0.257 e. The van der Waals surface area contributed by atoms with Gasteiger partial charge in [-0.15, -0.1) is 11.3 Å². The van der Waals surface area contributed by atoms with Gasteiger partial charge in [-0.05, 0) is 41.3 Å². The van der Waals surface area contributed by atoms with Gasteiger partial charge in [-0.2, -0.15) is 0 Å². The summed E-state index contributed by atoms with van der Waals surface area (Å²) < 4.78 is 10.8. The number of nitrogen functional groups attached to an aromatic ring is 1. The number of hydrogen-bond acceptors (Lipinski definition) is 5. The molecule has 1 unspecified atom stereocenters. The highest BCUT2D eigenvalue weighted by Gasteiger charge is 2.11. The highest BCUT2D eigenvalue weighted by atomic mass is 32.1. The standard InChI is InChI=1S/C17H16N3O3PS/c18-14-6-4-11(16-2-1-7-25-16)8-15(14)20-17(21)12-3-5-13(19-9-12)10-24(22)23/h1-9,24H,10,18H2,(H,20,21)(H,22,23). The van der Waals surface area contributed by atoms with Gasteiger partial charge in [0.2, 0.25) is 0 Å². The van der Waals surface area contributed by atoms with Crippen LogP contribution in [0.5, 0.6) is 0 Å². The third-order valence-corrected chi connectivity index (χ3v) is 5.11. The molecule has 0 fully saturated rings. The number of benzene rings is 1. The number of aromatic nitrogens is 1. The van der Waals surface area contributed by atoms with Gasteiger partial charge >= 0.3 is 0 Å². The average Bonchev–Trinajstić information content (AvgIpc) is 3.11. The minimum Gasteiger partial charge on any atom is -0.397 e. The number of nitrogens with one attached hydrogen (secondary N) is 1. The van der Waals surface area contributed by atoms with Crippen LogP contribution in [0.4, 0.5) is 11.4 Å². The Morgan fingerprint density at radius 2 is 2.12 bits per heavy atom. The summed E-state index contributed by atoms with van der Waals surface area (Å²) in [5.74, 6) is -0.342. The van der Waals surface area contributed by atoms with Crippen LogP contribution in [0.2, 0.25) is 0 Å². The molecule has 3 rings (SSSR count). The van der Waals surface area contributed by atoms with Gasteiger partial charge in [-0.3, -0.25) is 14.3 Å². The van der Waals surface area contributed by atoms with Gasteiger partial charge in [0.1, 0.15) is 0 Å². The van der Waals surface area contributed by atoms with E-state index in [0.29, 0.717) is 22.6 Å². The fourth-order valence-corrected chi connectivity index (χ4v) is 3.52. The van der Waals surface area contributed by atoms with Crippen molar-refractivity contribution in [2.24, 2.45) is 0 Å². The van der Waals surface area contributed by atoms with Crippen molar-refractivity contribution in [2.45, 2.75) is 6.16 Å². The van der Waals surface area contributed by atoms with E-state index >= 15 is 0 Å². The molecule has 6 nitrogen and oxygen atoms in total. The third kappa shape index (κ3) is 4.33. The lowest BCUT2D eigenvalue weighted by molar-refractivity contribution is 0.102. The van der Waals surface area contributed by atoms with E-state index in [1.54, 1.807) is 29.5 Å². The number of nitrogens with zero attached hydrogens (tertiary/aromatic N) is 1. The molecule has 0 aliphatic carbocycles. The van der Waals surface area contributed by atoms with Gasteiger partial charge in [0.15, 0.2) is 8.03 Å². The van der Waals surface area contributed by atoms with E-state index in [4.69, 9.17) is 10.6 Å². The molecule has 4 N–H and O–H groups in total. The van der Waals surface area contributed by atoms with Crippen LogP contribution in [0.3, 0.4) is 0 Å². The summed E-state index contributed by atoms with van der Waals surface area (Å²) >= 11 is 1.61. The predicted molar refractivity (Wildman–Crippen MR) is 101 cm³/mol. The zero-order chi connectivity index (χ0) is 17.8. The quantitative estimate of drug-likeness (QED) is 0.468. The Morgan fingerprint density at radius 3 is 2.76 bits per heavy atom. The van der Waals surface area contributed by atoms with E-state index in [0.717, 1.165) is 10.4 Å². The van der Waals surface area contributed by atoms with Crippen molar-refractivity contribution in [3.8, 4) is 10.4 Å². The van der Waals surface area contributed by atoms with Gasteiger partial charge in [-0.1, -0.05) is 12.1 Å². The zero-order valence-corrected chi connectivity index (χ0v) is 14.9. The lowest BCUT2D eigenvalue weighted by Crippen LogP contribution is -2.13. The molecule has 1 aromatic carbocycles. The van der Waals surface area contributed by atoms with Gasteiger partial charge in [0, 0.05) is 16.8 Å². The molecule has 0 radical (unpaired) electrons. The number of nitrogens with two attached hydrogens (primary N) is 1. The van der Waals surface area contributed by atoms with Crippen LogP contribution >= 0.6 is 19.4 Å². The van der Waals surface area contributed by atoms with Crippen LogP contribution in [-0.2, 0) is 10.7 Å². The molecule has 25 heavy (non-hydrogen) atoms. The number of hydrogen-bond donors (Lipinski definition) is 3. The summed E-state index contributed by atoms with van der Waals surface area (Å²) in [5.41, 5.74) is 8.76. The molecule has 8 heteroatoms. The number of pyridine rings is 1. The maximum absolute atomic E-state index is 12.4. The van der Waals surface area contributed by atoms with E-state index < -0.39 is 8.03 Å². The smallest absolute Gasteiger partial charge is 0.257 e. The molecular weight excluding hydrogens is 357 g/mol. The second-order valence-electron chi connectivity index (χ2n) is 5.34. The molecule has 3 aromatic rings. The molecular formula is C17H16N3O3PS. The van der Waals surface area contributed by atoms with Crippen LogP contribution in [0.1, 0.15) is 16.1 Å². The van der Waals surface area contributed by atoms with Gasteiger partial charge < -0.3 is 15.9 Å². The Morgan fingerprint density at radius 1 is 1.28 bits per heavy atom. The lowest BCUT2D eigenvalue weighted by Gasteiger charge is -2.10. The van der Waals surface area contributed by atoms with Gasteiger partial charge in [0.25, 0.3) is 5.91 Å². The molecule has 1 atom stereocenters. The predicted octanol–water partition coefficient (Wildman–Crippen LogP) is 3.61. The van der Waals surface area contributed by atoms with Crippen LogP contribution < -0.4 is 11.1 Å². The first-order chi connectivity index (χ1) is 12.0. The molecule has 2 aromatic heterocycles. The molecule has 0 aliphatic heterocycles. The van der Waals surface area contributed by atoms with E-state index in [9.17, 15) is 9.36 Å². The van der Waals surface area contributed by atoms with E-state index in [1.165, 1.54) is 6.20 Å². The van der Waals surface area contributed by atoms with Crippen molar-refractivity contribution >= 4 is 36.6 Å². The van der Waals surface area contributed by atoms with Crippen LogP contribution in [0, 0.1) is 0 Å². The number of thiophene rings is 1. The zero-order valence-electron chi connectivity index (χ0n) is 13.1. The monoisotopic (exact) mass is 373 g/mol. The second-order valence-corrected chi connectivity index (χ2v) is 7.43. The first-order valence-corrected chi connectivity index (χ1v) is 9.88. The fourth-order valence-electron chi connectivity index (χ4n) is 2.27. The van der Waals surface area contributed by atoms with Crippen LogP contribution in [0.15, 0.2) is 54.0 Å². The SMILES string of the molecule is Nc1ccc(-c2cccs2)cc1NC(=O)c1ccc(C[PH](=O)O)nc1. The minimum atomic E-state index is -2.63. The highest BCUT2D eigenvalue weighted by molar-refractivity contribution is 7.37. The van der Waals surface area contributed by atoms with Crippen molar-refractivity contribution in [3.05, 3.63) is 65.3 Å². The first kappa shape index (κ1) is 17.4. The van der Waals surface area contributed by atoms with Crippen molar-refractivity contribution in [3.63, 3.8) is 0 Å². The fraction of sp³-hybridized carbons (Fsp3) is 0.0588. The molecule has 128 valence electrons. The molecule has 0 saturated carbocycles. The number of carbonyl (C=O) groups excluding carboxylic acids is 1. The number of anilines is 2. The second kappa shape index (κ2) is 7.61. The summed E-state index contributed by atoms with van der Waals surface area (Å²) in [4.78, 5) is 26.4. The first-order valence-electron chi connectivity index (χ1n) is 7.44. The number of rotatable bonds is 5. The Bertz CT molecular complexity index is 911. The summed E-state index contributed by atoms with van der Waals surface area (Å²) in [6, 6.07) is 12.6. The molecule has 0 saturated heterocycles. The summed E-state index contributed by atoms with van der Waals surface area (Å²) in [6.07, 6.45) is 1.39. The van der Waals surface area contributed by atoms with E-state index in [1.807, 2.05) is 29.6 Å². The Hall–Kier alpha value is -2.47. The maximum atomic E-state index is 12.4. The summed E-state index contributed by atoms with van der Waals surface area (Å²) in [5, 5.41) is 4.77. The minimum absolute atomic E-state index is 0.00235. The Balaban J connectivity index is 1.78. The van der Waals surface area contributed by atoms with Crippen LogP contribution in [-0.4, -0.2) is 15.8 Å². The molecule has 0 bridgehead atoms. The summed E-state index contributed by atoms with van der Waals surface area (Å²) in [6.45, 7) is 0. The normalized spacial score (nSPS) is 11.9. The van der Waals surface area contributed by atoms with E-state index in [-0.39, 0.29) is 12.1 Å². The lowest BCUT2D eigenvalue weighted by atomic mass is 10.1. The van der Waals surface area contributed by atoms with Crippen molar-refractivity contribution < 1.29 is 14.3 Å². The van der Waals surface area contributed by atoms with Crippen molar-refractivity contribution in [1.29, 1.82) is 0 Å². The Labute approximate surface area is 149 Å². The largest absolute Gasteiger partial charge is 0.397 e. The van der Waals surface area contributed by atoms with Gasteiger partial charge in [0.05, 0.1) is 23.1 Å². The van der Waals surface area contributed by atoms with Crippen molar-refractivity contribution in [2.75, 3.05) is 11.1 Å². The molecule has 0 aliphatic rings. The van der Waals surface area contributed by atoms with E-state index in [2.05, 4.69) is 10.3 Å². The topological polar surface area (TPSA) is 105 Å². The van der Waals surface area contributed by atoms with Crippen LogP contribution in [0.25, 0.3) is 10.4 Å². The molecule has 2 heterocycles. The highest BCUT2D eigenvalue weighted by Crippen LogP contribution is 2.30. The summed E-state index contributed by atoms with van der Waals surface area (Å²) in [7, 11) is -2.63. The molecule has 1 amide bonds. The van der Waals surface area contributed by atoms with Gasteiger partial charge in [-0.25, -0.2) is 0 Å². The van der Waals surface area contributed by atoms with Crippen molar-refractivity contribution in [1.82, 2.24) is 4.98 Å². The third-order valence-electron chi connectivity index (χ3n) is 3.53. The Kier molecular flexibility index (Phi) is 5.28. The number of amides is 1. The average molecular weight is 373 g/mol. The number of carbonyl (C=O) groups is 1.